The molecule has 1 aromatic carbocycles. The van der Waals surface area contributed by atoms with Crippen LogP contribution in [0.5, 0.6) is 0 Å². The van der Waals surface area contributed by atoms with Gasteiger partial charge in [-0.3, -0.25) is 0 Å². The van der Waals surface area contributed by atoms with Crippen LogP contribution in [0.2, 0.25) is 0 Å². The van der Waals surface area contributed by atoms with E-state index >= 15 is 0 Å². The van der Waals surface area contributed by atoms with Crippen LogP contribution in [0.15, 0.2) is 24.3 Å². The highest BCUT2D eigenvalue weighted by Gasteiger charge is 2.33. The van der Waals surface area contributed by atoms with E-state index in [0.29, 0.717) is 6.42 Å². The SMILES string of the molecule is CS(=O)(=O)N[C@@H]1CCCC[C@H]1NCc1ccccc1C(F)(F)F. The molecule has 1 aromatic rings. The Kier molecular flexibility index (Phi) is 5.70. The van der Waals surface area contributed by atoms with Crippen molar-refractivity contribution >= 4 is 10.0 Å². The van der Waals surface area contributed by atoms with Crippen molar-refractivity contribution in [2.45, 2.75) is 50.5 Å². The molecule has 1 saturated carbocycles. The van der Waals surface area contributed by atoms with Gasteiger partial charge in [-0.15, -0.1) is 0 Å². The van der Waals surface area contributed by atoms with Crippen LogP contribution in [0.25, 0.3) is 0 Å². The van der Waals surface area contributed by atoms with Gasteiger partial charge in [0.1, 0.15) is 0 Å². The van der Waals surface area contributed by atoms with E-state index in [2.05, 4.69) is 10.0 Å². The summed E-state index contributed by atoms with van der Waals surface area (Å²) < 4.78 is 64.4. The molecule has 4 nitrogen and oxygen atoms in total. The lowest BCUT2D eigenvalue weighted by atomic mass is 9.90. The first-order chi connectivity index (χ1) is 10.7. The van der Waals surface area contributed by atoms with Crippen LogP contribution in [-0.4, -0.2) is 26.8 Å². The quantitative estimate of drug-likeness (QED) is 0.858. The molecule has 1 fully saturated rings. The van der Waals surface area contributed by atoms with Crippen LogP contribution in [0.1, 0.15) is 36.8 Å². The van der Waals surface area contributed by atoms with Gasteiger partial charge in [-0.2, -0.15) is 13.2 Å². The Balaban J connectivity index is 2.07. The zero-order valence-electron chi connectivity index (χ0n) is 12.9. The molecule has 2 atom stereocenters. The van der Waals surface area contributed by atoms with Gasteiger partial charge >= 0.3 is 6.18 Å². The van der Waals surface area contributed by atoms with Crippen molar-refractivity contribution < 1.29 is 21.6 Å². The molecule has 1 aliphatic rings. The van der Waals surface area contributed by atoms with Crippen LogP contribution in [-0.2, 0) is 22.7 Å². The van der Waals surface area contributed by atoms with Gasteiger partial charge in [0, 0.05) is 18.6 Å². The Bertz CT molecular complexity index is 632. The van der Waals surface area contributed by atoms with E-state index in [9.17, 15) is 21.6 Å². The van der Waals surface area contributed by atoms with Gasteiger partial charge < -0.3 is 5.32 Å². The third kappa shape index (κ3) is 5.47. The molecule has 0 saturated heterocycles. The second kappa shape index (κ2) is 7.19. The molecule has 130 valence electrons. The minimum Gasteiger partial charge on any atom is -0.308 e. The van der Waals surface area contributed by atoms with Gasteiger partial charge in [-0.05, 0) is 24.5 Å². The number of hydrogen-bond acceptors (Lipinski definition) is 3. The highest BCUT2D eigenvalue weighted by Crippen LogP contribution is 2.32. The van der Waals surface area contributed by atoms with E-state index < -0.39 is 21.8 Å². The average Bonchev–Trinajstić information content (AvgIpc) is 2.44. The van der Waals surface area contributed by atoms with Gasteiger partial charge in [-0.25, -0.2) is 13.1 Å². The number of rotatable bonds is 5. The lowest BCUT2D eigenvalue weighted by molar-refractivity contribution is -0.138. The van der Waals surface area contributed by atoms with Crippen molar-refractivity contribution in [2.24, 2.45) is 0 Å². The van der Waals surface area contributed by atoms with Gasteiger partial charge in [0.25, 0.3) is 0 Å². The molecule has 0 heterocycles. The van der Waals surface area contributed by atoms with Crippen molar-refractivity contribution in [2.75, 3.05) is 6.26 Å². The van der Waals surface area contributed by atoms with E-state index in [-0.39, 0.29) is 24.2 Å². The summed E-state index contributed by atoms with van der Waals surface area (Å²) in [6.45, 7) is 0.0578. The Hall–Kier alpha value is -1.12. The molecule has 2 N–H and O–H groups in total. The van der Waals surface area contributed by atoms with E-state index in [1.165, 1.54) is 12.1 Å². The number of hydrogen-bond donors (Lipinski definition) is 2. The topological polar surface area (TPSA) is 58.2 Å². The second-order valence-corrected chi connectivity index (χ2v) is 7.70. The molecule has 1 aliphatic carbocycles. The highest BCUT2D eigenvalue weighted by molar-refractivity contribution is 7.88. The molecule has 0 amide bonds. The first-order valence-electron chi connectivity index (χ1n) is 7.52. The fraction of sp³-hybridized carbons (Fsp3) is 0.600. The zero-order chi connectivity index (χ0) is 17.1. The first-order valence-corrected chi connectivity index (χ1v) is 9.42. The molecule has 2 rings (SSSR count). The summed E-state index contributed by atoms with van der Waals surface area (Å²) in [5.41, 5.74) is -0.486. The van der Waals surface area contributed by atoms with Crippen molar-refractivity contribution in [1.82, 2.24) is 10.0 Å². The zero-order valence-corrected chi connectivity index (χ0v) is 13.7. The average molecular weight is 350 g/mol. The molecule has 23 heavy (non-hydrogen) atoms. The number of halogens is 3. The van der Waals surface area contributed by atoms with E-state index in [1.807, 2.05) is 0 Å². The van der Waals surface area contributed by atoms with Gasteiger partial charge in [0.15, 0.2) is 0 Å². The molecule has 8 heteroatoms. The number of alkyl halides is 3. The molecule has 0 spiro atoms. The molecular formula is C15H21F3N2O2S. The Morgan fingerprint density at radius 2 is 1.74 bits per heavy atom. The first kappa shape index (κ1) is 18.2. The van der Waals surface area contributed by atoms with E-state index in [4.69, 9.17) is 0 Å². The maximum absolute atomic E-state index is 13.0. The number of benzene rings is 1. The van der Waals surface area contributed by atoms with Crippen molar-refractivity contribution in [3.63, 3.8) is 0 Å². The van der Waals surface area contributed by atoms with Gasteiger partial charge in [-0.1, -0.05) is 31.0 Å². The summed E-state index contributed by atoms with van der Waals surface area (Å²) in [7, 11) is -3.34. The van der Waals surface area contributed by atoms with Crippen LogP contribution < -0.4 is 10.0 Å². The monoisotopic (exact) mass is 350 g/mol. The van der Waals surface area contributed by atoms with E-state index in [0.717, 1.165) is 31.6 Å². The summed E-state index contributed by atoms with van der Waals surface area (Å²) >= 11 is 0. The van der Waals surface area contributed by atoms with Gasteiger partial charge in [0.2, 0.25) is 10.0 Å². The fourth-order valence-corrected chi connectivity index (χ4v) is 3.82. The minimum absolute atomic E-state index is 0.0578. The Morgan fingerprint density at radius 3 is 2.35 bits per heavy atom. The normalized spacial score (nSPS) is 23.0. The fourth-order valence-electron chi connectivity index (χ4n) is 2.98. The molecule has 0 bridgehead atoms. The minimum atomic E-state index is -4.39. The predicted octanol–water partition coefficient (Wildman–Crippen LogP) is 2.66. The van der Waals surface area contributed by atoms with Crippen LogP contribution in [0.3, 0.4) is 0 Å². The van der Waals surface area contributed by atoms with Crippen molar-refractivity contribution in [1.29, 1.82) is 0 Å². The maximum atomic E-state index is 13.0. The largest absolute Gasteiger partial charge is 0.416 e. The standard InChI is InChI=1S/C15H21F3N2O2S/c1-23(21,22)20-14-9-5-4-8-13(14)19-10-11-6-2-3-7-12(11)15(16,17)18/h2-3,6-7,13-14,19-20H,4-5,8-10H2,1H3/t13-,14-/m1/s1. The maximum Gasteiger partial charge on any atom is 0.416 e. The summed E-state index contributed by atoms with van der Waals surface area (Å²) in [5, 5.41) is 3.10. The number of sulfonamides is 1. The number of nitrogens with one attached hydrogen (secondary N) is 2. The van der Waals surface area contributed by atoms with Crippen LogP contribution in [0, 0.1) is 0 Å². The summed E-state index contributed by atoms with van der Waals surface area (Å²) in [4.78, 5) is 0. The molecule has 0 radical (unpaired) electrons. The van der Waals surface area contributed by atoms with Crippen molar-refractivity contribution in [3.8, 4) is 0 Å². The predicted molar refractivity (Wildman–Crippen MR) is 82.3 cm³/mol. The smallest absolute Gasteiger partial charge is 0.308 e. The molecular weight excluding hydrogens is 329 g/mol. The second-order valence-electron chi connectivity index (χ2n) is 5.92. The summed E-state index contributed by atoms with van der Waals surface area (Å²) in [6.07, 6.45) is -0.0368. The molecule has 0 aromatic heterocycles. The Labute approximate surface area is 134 Å². The Morgan fingerprint density at radius 1 is 1.13 bits per heavy atom. The summed E-state index contributed by atoms with van der Waals surface area (Å²) in [6, 6.07) is 4.98. The third-order valence-electron chi connectivity index (χ3n) is 4.01. The van der Waals surface area contributed by atoms with E-state index in [1.54, 1.807) is 6.07 Å². The highest BCUT2D eigenvalue weighted by atomic mass is 32.2. The van der Waals surface area contributed by atoms with Crippen molar-refractivity contribution in [3.05, 3.63) is 35.4 Å². The summed E-state index contributed by atoms with van der Waals surface area (Å²) in [5.74, 6) is 0. The lowest BCUT2D eigenvalue weighted by Crippen LogP contribution is -2.51. The van der Waals surface area contributed by atoms with Crippen LogP contribution >= 0.6 is 0 Å². The molecule has 0 aliphatic heterocycles. The molecule has 0 unspecified atom stereocenters. The lowest BCUT2D eigenvalue weighted by Gasteiger charge is -2.32. The van der Waals surface area contributed by atoms with Gasteiger partial charge in [0.05, 0.1) is 11.8 Å². The van der Waals surface area contributed by atoms with Crippen LogP contribution in [0.4, 0.5) is 13.2 Å². The third-order valence-corrected chi connectivity index (χ3v) is 4.74.